The van der Waals surface area contributed by atoms with Gasteiger partial charge in [-0.1, -0.05) is 13.0 Å². The van der Waals surface area contributed by atoms with E-state index < -0.39 is 4.33 Å². The van der Waals surface area contributed by atoms with E-state index in [2.05, 4.69) is 22.1 Å². The number of hydrogen-bond donors (Lipinski definition) is 1. The van der Waals surface area contributed by atoms with E-state index in [0.29, 0.717) is 13.0 Å². The van der Waals surface area contributed by atoms with Crippen LogP contribution in [-0.4, -0.2) is 28.3 Å². The molecule has 1 saturated carbocycles. The van der Waals surface area contributed by atoms with Gasteiger partial charge in [-0.15, -0.1) is 23.2 Å². The van der Waals surface area contributed by atoms with Crippen molar-refractivity contribution in [1.29, 1.82) is 0 Å². The Bertz CT molecular complexity index is 539. The van der Waals surface area contributed by atoms with E-state index in [4.69, 9.17) is 23.2 Å². The molecule has 22 heavy (non-hydrogen) atoms. The number of rotatable bonds is 4. The number of piperidine rings is 1. The molecular weight excluding hydrogens is 321 g/mol. The van der Waals surface area contributed by atoms with Gasteiger partial charge < -0.3 is 10.2 Å². The van der Waals surface area contributed by atoms with Crippen LogP contribution in [0, 0.1) is 11.8 Å². The molecule has 0 bridgehead atoms. The van der Waals surface area contributed by atoms with Crippen molar-refractivity contribution in [2.24, 2.45) is 11.8 Å². The van der Waals surface area contributed by atoms with Gasteiger partial charge in [-0.25, -0.2) is 4.98 Å². The SMILES string of the molecule is CC1CCN(c2ccc(CNC(=O)C3CC3(Cl)Cl)cn2)CC1. The van der Waals surface area contributed by atoms with Crippen molar-refractivity contribution in [3.8, 4) is 0 Å². The molecule has 0 spiro atoms. The van der Waals surface area contributed by atoms with Gasteiger partial charge in [0.05, 0.1) is 5.92 Å². The highest BCUT2D eigenvalue weighted by Gasteiger charge is 2.56. The van der Waals surface area contributed by atoms with Crippen LogP contribution in [0.15, 0.2) is 18.3 Å². The monoisotopic (exact) mass is 341 g/mol. The summed E-state index contributed by atoms with van der Waals surface area (Å²) in [5.74, 6) is 1.46. The average molecular weight is 342 g/mol. The fraction of sp³-hybridized carbons (Fsp3) is 0.625. The summed E-state index contributed by atoms with van der Waals surface area (Å²) in [5.41, 5.74) is 0.984. The van der Waals surface area contributed by atoms with Crippen molar-refractivity contribution in [2.45, 2.75) is 37.1 Å². The Morgan fingerprint density at radius 3 is 2.64 bits per heavy atom. The number of carbonyl (C=O) groups excluding carboxylic acids is 1. The van der Waals surface area contributed by atoms with E-state index in [1.165, 1.54) is 12.8 Å². The van der Waals surface area contributed by atoms with Crippen molar-refractivity contribution in [3.05, 3.63) is 23.9 Å². The van der Waals surface area contributed by atoms with Crippen molar-refractivity contribution < 1.29 is 4.79 Å². The lowest BCUT2D eigenvalue weighted by Crippen LogP contribution is -2.33. The van der Waals surface area contributed by atoms with E-state index in [1.54, 1.807) is 0 Å². The number of carbonyl (C=O) groups is 1. The average Bonchev–Trinajstić information content (AvgIpc) is 3.15. The Kier molecular flexibility index (Phi) is 4.51. The molecule has 0 radical (unpaired) electrons. The number of alkyl halides is 2. The van der Waals surface area contributed by atoms with Gasteiger partial charge in [0, 0.05) is 25.8 Å². The van der Waals surface area contributed by atoms with Gasteiger partial charge in [-0.3, -0.25) is 4.79 Å². The van der Waals surface area contributed by atoms with Crippen LogP contribution in [0.25, 0.3) is 0 Å². The van der Waals surface area contributed by atoms with Gasteiger partial charge in [0.2, 0.25) is 5.91 Å². The van der Waals surface area contributed by atoms with Gasteiger partial charge >= 0.3 is 0 Å². The molecule has 2 fully saturated rings. The number of anilines is 1. The predicted molar refractivity (Wildman–Crippen MR) is 89.2 cm³/mol. The molecule has 1 unspecified atom stereocenters. The highest BCUT2D eigenvalue weighted by Crippen LogP contribution is 2.53. The minimum absolute atomic E-state index is 0.0842. The lowest BCUT2D eigenvalue weighted by Gasteiger charge is -2.31. The van der Waals surface area contributed by atoms with Crippen molar-refractivity contribution >= 4 is 34.9 Å². The molecule has 1 aromatic rings. The third-order valence-corrected chi connectivity index (χ3v) is 5.36. The lowest BCUT2D eigenvalue weighted by molar-refractivity contribution is -0.122. The zero-order valence-electron chi connectivity index (χ0n) is 12.7. The molecule has 3 rings (SSSR count). The number of nitrogens with one attached hydrogen (secondary N) is 1. The summed E-state index contributed by atoms with van der Waals surface area (Å²) in [6.45, 7) is 4.90. The van der Waals surface area contributed by atoms with Crippen molar-refractivity contribution in [3.63, 3.8) is 0 Å². The Labute approximate surface area is 141 Å². The number of aromatic nitrogens is 1. The summed E-state index contributed by atoms with van der Waals surface area (Å²) < 4.78 is -0.864. The van der Waals surface area contributed by atoms with Crippen LogP contribution in [0.4, 0.5) is 5.82 Å². The maximum atomic E-state index is 11.8. The normalized spacial score (nSPS) is 24.1. The van der Waals surface area contributed by atoms with Crippen LogP contribution in [-0.2, 0) is 11.3 Å². The number of amides is 1. The minimum atomic E-state index is -0.864. The molecule has 1 atom stereocenters. The molecular formula is C16H21Cl2N3O. The molecule has 2 aliphatic rings. The molecule has 1 saturated heterocycles. The van der Waals surface area contributed by atoms with Crippen LogP contribution in [0.5, 0.6) is 0 Å². The summed E-state index contributed by atoms with van der Waals surface area (Å²) in [4.78, 5) is 18.7. The van der Waals surface area contributed by atoms with Crippen LogP contribution in [0.3, 0.4) is 0 Å². The van der Waals surface area contributed by atoms with E-state index in [9.17, 15) is 4.79 Å². The number of nitrogens with zero attached hydrogens (tertiary/aromatic N) is 2. The molecule has 1 aliphatic carbocycles. The second kappa shape index (κ2) is 6.25. The van der Waals surface area contributed by atoms with E-state index in [1.807, 2.05) is 18.3 Å². The van der Waals surface area contributed by atoms with Gasteiger partial charge in [-0.05, 0) is 36.8 Å². The van der Waals surface area contributed by atoms with E-state index in [0.717, 1.165) is 30.4 Å². The molecule has 1 N–H and O–H groups in total. The summed E-state index contributed by atoms with van der Waals surface area (Å²) in [7, 11) is 0. The van der Waals surface area contributed by atoms with Crippen LogP contribution >= 0.6 is 23.2 Å². The molecule has 4 nitrogen and oxygen atoms in total. The highest BCUT2D eigenvalue weighted by atomic mass is 35.5. The molecule has 1 aromatic heterocycles. The molecule has 1 amide bonds. The first-order chi connectivity index (χ1) is 10.5. The van der Waals surface area contributed by atoms with Gasteiger partial charge in [0.25, 0.3) is 0 Å². The standard InChI is InChI=1S/C16H21Cl2N3O/c1-11-4-6-21(7-5-11)14-3-2-12(9-19-14)10-20-15(22)13-8-16(13,17)18/h2-3,9,11,13H,4-8,10H2,1H3,(H,20,22). The number of halogens is 2. The molecule has 1 aliphatic heterocycles. The van der Waals surface area contributed by atoms with E-state index >= 15 is 0 Å². The third kappa shape index (κ3) is 3.66. The predicted octanol–water partition coefficient (Wildman–Crippen LogP) is 3.13. The zero-order valence-corrected chi connectivity index (χ0v) is 14.2. The summed E-state index contributed by atoms with van der Waals surface area (Å²) in [6.07, 6.45) is 4.81. The van der Waals surface area contributed by atoms with Gasteiger partial charge in [0.15, 0.2) is 0 Å². The van der Waals surface area contributed by atoms with Crippen LogP contribution < -0.4 is 10.2 Å². The maximum absolute atomic E-state index is 11.8. The lowest BCUT2D eigenvalue weighted by atomic mass is 9.99. The fourth-order valence-electron chi connectivity index (χ4n) is 2.76. The fourth-order valence-corrected chi connectivity index (χ4v) is 3.26. The smallest absolute Gasteiger partial charge is 0.226 e. The number of pyridine rings is 1. The Morgan fingerprint density at radius 2 is 2.09 bits per heavy atom. The van der Waals surface area contributed by atoms with Crippen molar-refractivity contribution in [2.75, 3.05) is 18.0 Å². The van der Waals surface area contributed by atoms with Gasteiger partial charge in [0.1, 0.15) is 10.2 Å². The Morgan fingerprint density at radius 1 is 1.41 bits per heavy atom. The first-order valence-corrected chi connectivity index (χ1v) is 8.57. The summed E-state index contributed by atoms with van der Waals surface area (Å²) in [6, 6.07) is 4.05. The highest BCUT2D eigenvalue weighted by molar-refractivity contribution is 6.52. The zero-order chi connectivity index (χ0) is 15.7. The summed E-state index contributed by atoms with van der Waals surface area (Å²) in [5, 5.41) is 2.86. The largest absolute Gasteiger partial charge is 0.357 e. The second-order valence-corrected chi connectivity index (χ2v) is 7.97. The first kappa shape index (κ1) is 15.9. The maximum Gasteiger partial charge on any atom is 0.226 e. The summed E-state index contributed by atoms with van der Waals surface area (Å²) >= 11 is 11.8. The number of hydrogen-bond acceptors (Lipinski definition) is 3. The quantitative estimate of drug-likeness (QED) is 0.855. The second-order valence-electron chi connectivity index (χ2n) is 6.43. The van der Waals surface area contributed by atoms with E-state index in [-0.39, 0.29) is 11.8 Å². The van der Waals surface area contributed by atoms with Crippen molar-refractivity contribution in [1.82, 2.24) is 10.3 Å². The topological polar surface area (TPSA) is 45.2 Å². The third-order valence-electron chi connectivity index (χ3n) is 4.53. The van der Waals surface area contributed by atoms with Crippen LogP contribution in [0.2, 0.25) is 0 Å². The molecule has 0 aromatic carbocycles. The molecule has 6 heteroatoms. The minimum Gasteiger partial charge on any atom is -0.357 e. The van der Waals surface area contributed by atoms with Gasteiger partial charge in [-0.2, -0.15) is 0 Å². The van der Waals surface area contributed by atoms with Crippen LogP contribution in [0.1, 0.15) is 31.7 Å². The molecule has 2 heterocycles. The molecule has 120 valence electrons. The Hall–Kier alpha value is -1.00. The Balaban J connectivity index is 1.50. The first-order valence-electron chi connectivity index (χ1n) is 7.81.